The Morgan fingerprint density at radius 2 is 2.00 bits per heavy atom. The number of aliphatic carboxylic acids is 1. The zero-order chi connectivity index (χ0) is 16.7. The van der Waals surface area contributed by atoms with Gasteiger partial charge in [-0.2, -0.15) is 0 Å². The molecule has 0 aliphatic heterocycles. The van der Waals surface area contributed by atoms with Crippen molar-refractivity contribution in [3.8, 4) is 5.88 Å². The Morgan fingerprint density at radius 1 is 1.26 bits per heavy atom. The second-order valence-corrected chi connectivity index (χ2v) is 5.37. The maximum absolute atomic E-state index is 10.8. The van der Waals surface area contributed by atoms with E-state index >= 15 is 0 Å². The Bertz CT molecular complexity index is 690. The molecular formula is C19H21NO3. The number of hydrogen-bond acceptors (Lipinski definition) is 3. The summed E-state index contributed by atoms with van der Waals surface area (Å²) in [7, 11) is 0. The highest BCUT2D eigenvalue weighted by molar-refractivity contribution is 5.91. The van der Waals surface area contributed by atoms with Crippen molar-refractivity contribution in [1.82, 2.24) is 4.98 Å². The fourth-order valence-electron chi connectivity index (χ4n) is 2.15. The topological polar surface area (TPSA) is 59.4 Å². The number of aromatic nitrogens is 1. The first-order valence-electron chi connectivity index (χ1n) is 7.67. The van der Waals surface area contributed by atoms with Gasteiger partial charge in [0.25, 0.3) is 0 Å². The van der Waals surface area contributed by atoms with E-state index in [2.05, 4.69) is 11.9 Å². The lowest BCUT2D eigenvalue weighted by Gasteiger charge is -2.09. The SMILES string of the molecule is CCCOc1ncccc1Cc1ccc(C=C(C)C(=O)O)cc1. The minimum absolute atomic E-state index is 0.320. The average molecular weight is 311 g/mol. The third-order valence-corrected chi connectivity index (χ3v) is 3.39. The normalized spacial score (nSPS) is 11.3. The summed E-state index contributed by atoms with van der Waals surface area (Å²) in [5.74, 6) is -0.220. The summed E-state index contributed by atoms with van der Waals surface area (Å²) in [4.78, 5) is 15.1. The van der Waals surface area contributed by atoms with Gasteiger partial charge in [0.15, 0.2) is 0 Å². The minimum Gasteiger partial charge on any atom is -0.478 e. The van der Waals surface area contributed by atoms with Crippen molar-refractivity contribution in [2.24, 2.45) is 0 Å². The zero-order valence-corrected chi connectivity index (χ0v) is 13.5. The van der Waals surface area contributed by atoms with Crippen molar-refractivity contribution >= 4 is 12.0 Å². The van der Waals surface area contributed by atoms with Crippen LogP contribution in [0.25, 0.3) is 6.08 Å². The van der Waals surface area contributed by atoms with Crippen LogP contribution >= 0.6 is 0 Å². The average Bonchev–Trinajstić information content (AvgIpc) is 2.55. The standard InChI is InChI=1S/C19H21NO3/c1-3-11-23-18-17(5-4-10-20-18)13-16-8-6-15(7-9-16)12-14(2)19(21)22/h4-10,12H,3,11,13H2,1-2H3,(H,21,22). The third kappa shape index (κ3) is 4.95. The summed E-state index contributed by atoms with van der Waals surface area (Å²) in [6.45, 7) is 4.30. The molecule has 0 amide bonds. The molecular weight excluding hydrogens is 290 g/mol. The van der Waals surface area contributed by atoms with Gasteiger partial charge >= 0.3 is 5.97 Å². The number of carboxylic acid groups (broad SMARTS) is 1. The molecule has 0 spiro atoms. The molecule has 0 bridgehead atoms. The number of nitrogens with zero attached hydrogens (tertiary/aromatic N) is 1. The van der Waals surface area contributed by atoms with Crippen LogP contribution in [0, 0.1) is 0 Å². The van der Waals surface area contributed by atoms with Gasteiger partial charge in [-0.25, -0.2) is 9.78 Å². The molecule has 4 heteroatoms. The number of pyridine rings is 1. The summed E-state index contributed by atoms with van der Waals surface area (Å²) in [6.07, 6.45) is 5.07. The highest BCUT2D eigenvalue weighted by Crippen LogP contribution is 2.19. The summed E-state index contributed by atoms with van der Waals surface area (Å²) in [6, 6.07) is 11.8. The van der Waals surface area contributed by atoms with E-state index in [-0.39, 0.29) is 0 Å². The predicted octanol–water partition coefficient (Wildman–Crippen LogP) is 3.95. The molecule has 2 rings (SSSR count). The molecule has 1 heterocycles. The van der Waals surface area contributed by atoms with E-state index in [1.165, 1.54) is 0 Å². The highest BCUT2D eigenvalue weighted by Gasteiger charge is 2.06. The van der Waals surface area contributed by atoms with Gasteiger partial charge in [0.1, 0.15) is 0 Å². The molecule has 1 N–H and O–H groups in total. The largest absolute Gasteiger partial charge is 0.478 e. The predicted molar refractivity (Wildman–Crippen MR) is 90.6 cm³/mol. The maximum Gasteiger partial charge on any atom is 0.331 e. The molecule has 4 nitrogen and oxygen atoms in total. The third-order valence-electron chi connectivity index (χ3n) is 3.39. The number of carbonyl (C=O) groups is 1. The van der Waals surface area contributed by atoms with E-state index in [9.17, 15) is 4.79 Å². The van der Waals surface area contributed by atoms with E-state index in [1.54, 1.807) is 19.2 Å². The summed E-state index contributed by atoms with van der Waals surface area (Å²) in [5, 5.41) is 8.90. The van der Waals surface area contributed by atoms with Crippen molar-refractivity contribution in [3.05, 3.63) is 64.9 Å². The van der Waals surface area contributed by atoms with Crippen molar-refractivity contribution < 1.29 is 14.6 Å². The van der Waals surface area contributed by atoms with Crippen LogP contribution in [0.1, 0.15) is 37.0 Å². The van der Waals surface area contributed by atoms with Gasteiger partial charge in [-0.15, -0.1) is 0 Å². The summed E-state index contributed by atoms with van der Waals surface area (Å²) < 4.78 is 5.68. The molecule has 0 unspecified atom stereocenters. The zero-order valence-electron chi connectivity index (χ0n) is 13.5. The van der Waals surface area contributed by atoms with E-state index in [1.807, 2.05) is 36.4 Å². The first kappa shape index (κ1) is 16.7. The Hall–Kier alpha value is -2.62. The smallest absolute Gasteiger partial charge is 0.331 e. The van der Waals surface area contributed by atoms with Crippen LogP contribution < -0.4 is 4.74 Å². The van der Waals surface area contributed by atoms with Gasteiger partial charge in [-0.05, 0) is 36.6 Å². The summed E-state index contributed by atoms with van der Waals surface area (Å²) in [5.41, 5.74) is 3.37. The van der Waals surface area contributed by atoms with Crippen LogP contribution in [0.5, 0.6) is 5.88 Å². The van der Waals surface area contributed by atoms with Gasteiger partial charge in [-0.3, -0.25) is 0 Å². The van der Waals surface area contributed by atoms with Crippen LogP contribution in [0.3, 0.4) is 0 Å². The molecule has 0 atom stereocenters. The summed E-state index contributed by atoms with van der Waals surface area (Å²) >= 11 is 0. The van der Waals surface area contributed by atoms with Crippen LogP contribution in [-0.2, 0) is 11.2 Å². The molecule has 0 aliphatic carbocycles. The number of ether oxygens (including phenoxy) is 1. The van der Waals surface area contributed by atoms with Crippen LogP contribution in [0.15, 0.2) is 48.2 Å². The lowest BCUT2D eigenvalue weighted by molar-refractivity contribution is -0.132. The highest BCUT2D eigenvalue weighted by atomic mass is 16.5. The van der Waals surface area contributed by atoms with Crippen molar-refractivity contribution in [2.45, 2.75) is 26.7 Å². The van der Waals surface area contributed by atoms with Gasteiger partial charge in [0, 0.05) is 23.8 Å². The first-order chi connectivity index (χ1) is 11.1. The Morgan fingerprint density at radius 3 is 2.65 bits per heavy atom. The van der Waals surface area contributed by atoms with Crippen molar-refractivity contribution in [2.75, 3.05) is 6.61 Å². The Kier molecular flexibility index (Phi) is 5.92. The fourth-order valence-corrected chi connectivity index (χ4v) is 2.15. The minimum atomic E-state index is -0.901. The maximum atomic E-state index is 10.8. The lowest BCUT2D eigenvalue weighted by atomic mass is 10.0. The first-order valence-corrected chi connectivity index (χ1v) is 7.67. The lowest BCUT2D eigenvalue weighted by Crippen LogP contribution is -2.01. The van der Waals surface area contributed by atoms with Crippen molar-refractivity contribution in [3.63, 3.8) is 0 Å². The van der Waals surface area contributed by atoms with E-state index in [0.29, 0.717) is 18.1 Å². The van der Waals surface area contributed by atoms with E-state index < -0.39 is 5.97 Å². The van der Waals surface area contributed by atoms with Gasteiger partial charge < -0.3 is 9.84 Å². The Balaban J connectivity index is 2.12. The Labute approximate surface area is 136 Å². The molecule has 120 valence electrons. The number of hydrogen-bond donors (Lipinski definition) is 1. The number of rotatable bonds is 7. The van der Waals surface area contributed by atoms with Crippen LogP contribution in [0.2, 0.25) is 0 Å². The second-order valence-electron chi connectivity index (χ2n) is 5.37. The van der Waals surface area contributed by atoms with Crippen LogP contribution in [0.4, 0.5) is 0 Å². The molecule has 1 aromatic carbocycles. The molecule has 0 saturated carbocycles. The van der Waals surface area contributed by atoms with E-state index in [4.69, 9.17) is 9.84 Å². The number of carboxylic acids is 1. The molecule has 0 saturated heterocycles. The molecule has 1 aromatic heterocycles. The fraction of sp³-hybridized carbons (Fsp3) is 0.263. The quantitative estimate of drug-likeness (QED) is 0.787. The molecule has 23 heavy (non-hydrogen) atoms. The number of benzene rings is 1. The molecule has 2 aromatic rings. The van der Waals surface area contributed by atoms with Gasteiger partial charge in [0.2, 0.25) is 5.88 Å². The second kappa shape index (κ2) is 8.13. The van der Waals surface area contributed by atoms with E-state index in [0.717, 1.165) is 29.5 Å². The molecule has 0 fully saturated rings. The monoisotopic (exact) mass is 311 g/mol. The van der Waals surface area contributed by atoms with Gasteiger partial charge in [-0.1, -0.05) is 37.3 Å². The molecule has 0 aliphatic rings. The van der Waals surface area contributed by atoms with Crippen LogP contribution in [-0.4, -0.2) is 22.7 Å². The van der Waals surface area contributed by atoms with Crippen molar-refractivity contribution in [1.29, 1.82) is 0 Å². The van der Waals surface area contributed by atoms with Gasteiger partial charge in [0.05, 0.1) is 6.61 Å². The molecule has 0 radical (unpaired) electrons.